The minimum Gasteiger partial charge on any atom is -0.387 e. The number of amides is 1. The van der Waals surface area contributed by atoms with Gasteiger partial charge in [-0.05, 0) is 49.9 Å². The van der Waals surface area contributed by atoms with Crippen LogP contribution in [0.1, 0.15) is 47.9 Å². The highest BCUT2D eigenvalue weighted by Gasteiger charge is 2.19. The lowest BCUT2D eigenvalue weighted by Gasteiger charge is -2.28. The standard InChI is InChI=1S/C20H26N2O2/c1-20(2,22-14-18(23)16-8-4-3-5-9-16)12-11-15-7-6-10-17(13-15)19(21)24/h3-10,13,18,22-23H,11-12,14H2,1-2H3,(H2,21,24)/t18-/m1/s1. The summed E-state index contributed by atoms with van der Waals surface area (Å²) >= 11 is 0. The zero-order chi connectivity index (χ0) is 17.6. The fourth-order valence-corrected chi connectivity index (χ4v) is 2.59. The monoisotopic (exact) mass is 326 g/mol. The molecular weight excluding hydrogens is 300 g/mol. The normalized spacial score (nSPS) is 12.8. The summed E-state index contributed by atoms with van der Waals surface area (Å²) in [5, 5.41) is 13.7. The van der Waals surface area contributed by atoms with Crippen LogP contribution in [-0.4, -0.2) is 23.1 Å². The number of nitrogens with two attached hydrogens (primary N) is 1. The van der Waals surface area contributed by atoms with Crippen molar-refractivity contribution in [1.82, 2.24) is 5.32 Å². The summed E-state index contributed by atoms with van der Waals surface area (Å²) < 4.78 is 0. The first-order valence-corrected chi connectivity index (χ1v) is 8.24. The number of β-amino-alcohol motifs (C(OH)–C–C–N with tert-alkyl or cyclic N) is 1. The van der Waals surface area contributed by atoms with E-state index in [1.807, 2.05) is 48.5 Å². The van der Waals surface area contributed by atoms with Gasteiger partial charge in [-0.3, -0.25) is 4.79 Å². The molecule has 2 aromatic rings. The minimum absolute atomic E-state index is 0.126. The maximum absolute atomic E-state index is 11.2. The largest absolute Gasteiger partial charge is 0.387 e. The molecule has 0 saturated carbocycles. The number of primary amides is 1. The van der Waals surface area contributed by atoms with Gasteiger partial charge < -0.3 is 16.2 Å². The van der Waals surface area contributed by atoms with E-state index < -0.39 is 12.0 Å². The summed E-state index contributed by atoms with van der Waals surface area (Å²) in [5.74, 6) is -0.403. The predicted octanol–water partition coefficient (Wildman–Crippen LogP) is 2.82. The van der Waals surface area contributed by atoms with Crippen molar-refractivity contribution >= 4 is 5.91 Å². The predicted molar refractivity (Wildman–Crippen MR) is 96.8 cm³/mol. The van der Waals surface area contributed by atoms with Crippen LogP contribution >= 0.6 is 0 Å². The van der Waals surface area contributed by atoms with Gasteiger partial charge in [0.05, 0.1) is 6.10 Å². The first-order chi connectivity index (χ1) is 11.4. The van der Waals surface area contributed by atoms with Crippen LogP contribution in [0, 0.1) is 0 Å². The van der Waals surface area contributed by atoms with Gasteiger partial charge in [0.2, 0.25) is 5.91 Å². The number of aliphatic hydroxyl groups is 1. The van der Waals surface area contributed by atoms with Crippen molar-refractivity contribution in [3.8, 4) is 0 Å². The van der Waals surface area contributed by atoms with Crippen LogP contribution in [0.4, 0.5) is 0 Å². The number of hydrogen-bond acceptors (Lipinski definition) is 3. The molecule has 4 nitrogen and oxygen atoms in total. The number of aryl methyl sites for hydroxylation is 1. The summed E-state index contributed by atoms with van der Waals surface area (Å²) in [4.78, 5) is 11.2. The quantitative estimate of drug-likeness (QED) is 0.698. The van der Waals surface area contributed by atoms with Crippen LogP contribution in [0.5, 0.6) is 0 Å². The summed E-state index contributed by atoms with van der Waals surface area (Å²) in [6.45, 7) is 4.73. The second-order valence-corrected chi connectivity index (χ2v) is 6.76. The van der Waals surface area contributed by atoms with Gasteiger partial charge in [-0.1, -0.05) is 42.5 Å². The Balaban J connectivity index is 1.87. The first-order valence-electron chi connectivity index (χ1n) is 8.24. The molecule has 0 heterocycles. The van der Waals surface area contributed by atoms with E-state index in [0.29, 0.717) is 12.1 Å². The zero-order valence-electron chi connectivity index (χ0n) is 14.3. The summed E-state index contributed by atoms with van der Waals surface area (Å²) in [6.07, 6.45) is 1.20. The number of rotatable bonds is 8. The molecule has 1 amide bonds. The van der Waals surface area contributed by atoms with E-state index in [9.17, 15) is 9.90 Å². The van der Waals surface area contributed by atoms with Gasteiger partial charge >= 0.3 is 0 Å². The topological polar surface area (TPSA) is 75.4 Å². The van der Waals surface area contributed by atoms with Crippen LogP contribution in [0.2, 0.25) is 0 Å². The van der Waals surface area contributed by atoms with Crippen molar-refractivity contribution in [2.75, 3.05) is 6.54 Å². The second-order valence-electron chi connectivity index (χ2n) is 6.76. The lowest BCUT2D eigenvalue weighted by atomic mass is 9.94. The third kappa shape index (κ3) is 5.48. The maximum Gasteiger partial charge on any atom is 0.248 e. The number of hydrogen-bond donors (Lipinski definition) is 3. The maximum atomic E-state index is 11.2. The lowest BCUT2D eigenvalue weighted by molar-refractivity contribution is 0.1000. The Kier molecular flexibility index (Phi) is 6.12. The molecule has 24 heavy (non-hydrogen) atoms. The third-order valence-corrected chi connectivity index (χ3v) is 4.21. The molecule has 2 rings (SSSR count). The number of nitrogens with one attached hydrogen (secondary N) is 1. The van der Waals surface area contributed by atoms with Gasteiger partial charge in [0.1, 0.15) is 0 Å². The molecule has 4 N–H and O–H groups in total. The lowest BCUT2D eigenvalue weighted by Crippen LogP contribution is -2.42. The van der Waals surface area contributed by atoms with E-state index in [2.05, 4.69) is 19.2 Å². The van der Waals surface area contributed by atoms with Crippen LogP contribution in [0.3, 0.4) is 0 Å². The van der Waals surface area contributed by atoms with Crippen molar-refractivity contribution in [1.29, 1.82) is 0 Å². The molecule has 1 atom stereocenters. The molecule has 0 unspecified atom stereocenters. The Morgan fingerprint density at radius 1 is 1.17 bits per heavy atom. The van der Waals surface area contributed by atoms with Gasteiger partial charge in [0.25, 0.3) is 0 Å². The fourth-order valence-electron chi connectivity index (χ4n) is 2.59. The highest BCUT2D eigenvalue weighted by Crippen LogP contribution is 2.17. The molecule has 4 heteroatoms. The average Bonchev–Trinajstić information content (AvgIpc) is 2.59. The van der Waals surface area contributed by atoms with Crippen molar-refractivity contribution in [2.24, 2.45) is 5.73 Å². The van der Waals surface area contributed by atoms with E-state index in [1.165, 1.54) is 0 Å². The Morgan fingerprint density at radius 2 is 1.88 bits per heavy atom. The van der Waals surface area contributed by atoms with Crippen molar-refractivity contribution in [2.45, 2.75) is 38.3 Å². The fraction of sp³-hybridized carbons (Fsp3) is 0.350. The molecule has 0 aromatic heterocycles. The molecule has 0 aliphatic carbocycles. The van der Waals surface area contributed by atoms with E-state index in [0.717, 1.165) is 24.0 Å². The highest BCUT2D eigenvalue weighted by molar-refractivity contribution is 5.92. The van der Waals surface area contributed by atoms with Gasteiger partial charge in [0, 0.05) is 17.6 Å². The molecule has 0 aliphatic rings. The molecule has 0 spiro atoms. The Bertz CT molecular complexity index is 668. The second kappa shape index (κ2) is 8.08. The third-order valence-electron chi connectivity index (χ3n) is 4.21. The van der Waals surface area contributed by atoms with E-state index in [4.69, 9.17) is 5.73 Å². The van der Waals surface area contributed by atoms with Crippen LogP contribution < -0.4 is 11.1 Å². The number of carbonyl (C=O) groups is 1. The van der Waals surface area contributed by atoms with Crippen molar-refractivity contribution < 1.29 is 9.90 Å². The summed E-state index contributed by atoms with van der Waals surface area (Å²) in [5.41, 5.74) is 7.73. The summed E-state index contributed by atoms with van der Waals surface area (Å²) in [7, 11) is 0. The first kappa shape index (κ1) is 18.2. The Labute approximate surface area is 143 Å². The van der Waals surface area contributed by atoms with Crippen molar-refractivity contribution in [3.05, 3.63) is 71.3 Å². The van der Waals surface area contributed by atoms with Gasteiger partial charge in [-0.25, -0.2) is 0 Å². The number of carbonyl (C=O) groups excluding carboxylic acids is 1. The van der Waals surface area contributed by atoms with E-state index in [1.54, 1.807) is 6.07 Å². The molecule has 0 bridgehead atoms. The van der Waals surface area contributed by atoms with Gasteiger partial charge in [0.15, 0.2) is 0 Å². The zero-order valence-corrected chi connectivity index (χ0v) is 14.3. The Morgan fingerprint density at radius 3 is 2.54 bits per heavy atom. The van der Waals surface area contributed by atoms with Gasteiger partial charge in [-0.2, -0.15) is 0 Å². The average molecular weight is 326 g/mol. The van der Waals surface area contributed by atoms with Crippen LogP contribution in [0.15, 0.2) is 54.6 Å². The molecule has 128 valence electrons. The minimum atomic E-state index is -0.524. The van der Waals surface area contributed by atoms with Crippen LogP contribution in [-0.2, 0) is 6.42 Å². The van der Waals surface area contributed by atoms with Crippen molar-refractivity contribution in [3.63, 3.8) is 0 Å². The molecule has 0 fully saturated rings. The molecule has 0 saturated heterocycles. The molecular formula is C20H26N2O2. The smallest absolute Gasteiger partial charge is 0.248 e. The SMILES string of the molecule is CC(C)(CCc1cccc(C(N)=O)c1)NC[C@@H](O)c1ccccc1. The Hall–Kier alpha value is -2.17. The van der Waals surface area contributed by atoms with E-state index >= 15 is 0 Å². The number of aliphatic hydroxyl groups excluding tert-OH is 1. The van der Waals surface area contributed by atoms with Gasteiger partial charge in [-0.15, -0.1) is 0 Å². The van der Waals surface area contributed by atoms with Crippen LogP contribution in [0.25, 0.3) is 0 Å². The number of benzene rings is 2. The molecule has 2 aromatic carbocycles. The highest BCUT2D eigenvalue weighted by atomic mass is 16.3. The van der Waals surface area contributed by atoms with E-state index in [-0.39, 0.29) is 5.54 Å². The molecule has 0 aliphatic heterocycles. The molecule has 0 radical (unpaired) electrons. The summed E-state index contributed by atoms with van der Waals surface area (Å²) in [6, 6.07) is 17.1.